The molecule has 0 atom stereocenters. The topological polar surface area (TPSA) is 41.6 Å². The summed E-state index contributed by atoms with van der Waals surface area (Å²) in [5.41, 5.74) is 3.82. The molecule has 3 heteroatoms. The Morgan fingerprint density at radius 1 is 1.29 bits per heavy atom. The SMILES string of the molecule is Cc1ccc(-c2ccnn2C(C)C)cc1C#N. The molecule has 0 spiro atoms. The predicted molar refractivity (Wildman–Crippen MR) is 67.5 cm³/mol. The molecule has 2 rings (SSSR count). The lowest BCUT2D eigenvalue weighted by atomic mass is 10.0. The summed E-state index contributed by atoms with van der Waals surface area (Å²) >= 11 is 0. The van der Waals surface area contributed by atoms with Gasteiger partial charge in [-0.05, 0) is 38.5 Å². The van der Waals surface area contributed by atoms with E-state index >= 15 is 0 Å². The van der Waals surface area contributed by atoms with Crippen molar-refractivity contribution >= 4 is 0 Å². The maximum Gasteiger partial charge on any atom is 0.0994 e. The highest BCUT2D eigenvalue weighted by molar-refractivity contribution is 5.63. The first-order valence-corrected chi connectivity index (χ1v) is 5.68. The molecule has 3 nitrogen and oxygen atoms in total. The van der Waals surface area contributed by atoms with Gasteiger partial charge in [0.2, 0.25) is 0 Å². The van der Waals surface area contributed by atoms with E-state index < -0.39 is 0 Å². The molecular formula is C14H15N3. The molecule has 0 aliphatic heterocycles. The quantitative estimate of drug-likeness (QED) is 0.786. The first-order valence-electron chi connectivity index (χ1n) is 5.68. The van der Waals surface area contributed by atoms with Gasteiger partial charge in [0.25, 0.3) is 0 Å². The minimum Gasteiger partial charge on any atom is -0.262 e. The van der Waals surface area contributed by atoms with Crippen LogP contribution in [0.4, 0.5) is 0 Å². The molecule has 17 heavy (non-hydrogen) atoms. The van der Waals surface area contributed by atoms with Gasteiger partial charge in [-0.1, -0.05) is 12.1 Å². The van der Waals surface area contributed by atoms with Gasteiger partial charge in [0, 0.05) is 17.8 Å². The number of rotatable bonds is 2. The van der Waals surface area contributed by atoms with Crippen molar-refractivity contribution < 1.29 is 0 Å². The second-order valence-electron chi connectivity index (χ2n) is 4.40. The summed E-state index contributed by atoms with van der Waals surface area (Å²) < 4.78 is 1.96. The monoisotopic (exact) mass is 225 g/mol. The van der Waals surface area contributed by atoms with E-state index in [1.165, 1.54) is 0 Å². The van der Waals surface area contributed by atoms with Gasteiger partial charge in [0.15, 0.2) is 0 Å². The van der Waals surface area contributed by atoms with Crippen molar-refractivity contribution in [1.29, 1.82) is 5.26 Å². The highest BCUT2D eigenvalue weighted by atomic mass is 15.3. The molecular weight excluding hydrogens is 210 g/mol. The maximum atomic E-state index is 9.05. The van der Waals surface area contributed by atoms with Crippen molar-refractivity contribution in [3.05, 3.63) is 41.6 Å². The molecule has 1 heterocycles. The van der Waals surface area contributed by atoms with E-state index in [4.69, 9.17) is 5.26 Å². The highest BCUT2D eigenvalue weighted by Crippen LogP contribution is 2.24. The van der Waals surface area contributed by atoms with E-state index in [-0.39, 0.29) is 0 Å². The molecule has 0 saturated heterocycles. The zero-order chi connectivity index (χ0) is 12.4. The van der Waals surface area contributed by atoms with Crippen LogP contribution in [0.1, 0.15) is 31.0 Å². The average Bonchev–Trinajstić information content (AvgIpc) is 2.78. The van der Waals surface area contributed by atoms with Gasteiger partial charge >= 0.3 is 0 Å². The largest absolute Gasteiger partial charge is 0.262 e. The Balaban J connectivity index is 2.54. The number of nitriles is 1. The second kappa shape index (κ2) is 4.42. The summed E-state index contributed by atoms with van der Waals surface area (Å²) in [6.45, 7) is 6.13. The van der Waals surface area contributed by atoms with Gasteiger partial charge in [-0.15, -0.1) is 0 Å². The predicted octanol–water partition coefficient (Wildman–Crippen LogP) is 3.31. The van der Waals surface area contributed by atoms with Crippen LogP contribution in [0.3, 0.4) is 0 Å². The van der Waals surface area contributed by atoms with Crippen molar-refractivity contribution in [2.45, 2.75) is 26.8 Å². The molecule has 1 aromatic heterocycles. The summed E-state index contributed by atoms with van der Waals surface area (Å²) in [6, 6.07) is 10.4. The van der Waals surface area contributed by atoms with Crippen LogP contribution < -0.4 is 0 Å². The summed E-state index contributed by atoms with van der Waals surface area (Å²) in [7, 11) is 0. The summed E-state index contributed by atoms with van der Waals surface area (Å²) in [4.78, 5) is 0. The summed E-state index contributed by atoms with van der Waals surface area (Å²) in [5.74, 6) is 0. The van der Waals surface area contributed by atoms with E-state index in [1.54, 1.807) is 6.20 Å². The standard InChI is InChI=1S/C14H15N3/c1-10(2)17-14(6-7-16-17)12-5-4-11(3)13(8-12)9-15/h4-8,10H,1-3H3. The van der Waals surface area contributed by atoms with Crippen LogP contribution in [-0.2, 0) is 0 Å². The third kappa shape index (κ3) is 2.07. The lowest BCUT2D eigenvalue weighted by Gasteiger charge is -2.11. The number of aromatic nitrogens is 2. The summed E-state index contributed by atoms with van der Waals surface area (Å²) in [6.07, 6.45) is 1.79. The van der Waals surface area contributed by atoms with Crippen molar-refractivity contribution in [3.63, 3.8) is 0 Å². The van der Waals surface area contributed by atoms with E-state index in [2.05, 4.69) is 25.0 Å². The summed E-state index contributed by atoms with van der Waals surface area (Å²) in [5, 5.41) is 13.4. The van der Waals surface area contributed by atoms with Crippen molar-refractivity contribution in [3.8, 4) is 17.3 Å². The van der Waals surface area contributed by atoms with Crippen molar-refractivity contribution in [2.24, 2.45) is 0 Å². The lowest BCUT2D eigenvalue weighted by Crippen LogP contribution is -2.04. The van der Waals surface area contributed by atoms with Crippen LogP contribution in [0.15, 0.2) is 30.5 Å². The molecule has 86 valence electrons. The Morgan fingerprint density at radius 2 is 2.06 bits per heavy atom. The fourth-order valence-corrected chi connectivity index (χ4v) is 1.86. The van der Waals surface area contributed by atoms with Gasteiger partial charge in [-0.25, -0.2) is 0 Å². The van der Waals surface area contributed by atoms with Gasteiger partial charge in [0.05, 0.1) is 17.3 Å². The minimum absolute atomic E-state index is 0.312. The van der Waals surface area contributed by atoms with Gasteiger partial charge in [0.1, 0.15) is 0 Å². The molecule has 0 aliphatic rings. The van der Waals surface area contributed by atoms with Crippen LogP contribution in [0.2, 0.25) is 0 Å². The normalized spacial score (nSPS) is 10.5. The molecule has 0 amide bonds. The second-order valence-corrected chi connectivity index (χ2v) is 4.40. The van der Waals surface area contributed by atoms with E-state index in [1.807, 2.05) is 35.9 Å². The highest BCUT2D eigenvalue weighted by Gasteiger charge is 2.09. The van der Waals surface area contributed by atoms with Gasteiger partial charge in [-0.3, -0.25) is 4.68 Å². The van der Waals surface area contributed by atoms with E-state index in [0.717, 1.165) is 22.4 Å². The molecule has 2 aromatic rings. The first kappa shape index (κ1) is 11.4. The lowest BCUT2D eigenvalue weighted by molar-refractivity contribution is 0.538. The minimum atomic E-state index is 0.312. The number of hydrogen-bond donors (Lipinski definition) is 0. The number of nitrogens with zero attached hydrogens (tertiary/aromatic N) is 3. The van der Waals surface area contributed by atoms with Crippen LogP contribution in [0.25, 0.3) is 11.3 Å². The van der Waals surface area contributed by atoms with Gasteiger partial charge in [-0.2, -0.15) is 10.4 Å². The zero-order valence-electron chi connectivity index (χ0n) is 10.3. The van der Waals surface area contributed by atoms with E-state index in [0.29, 0.717) is 6.04 Å². The van der Waals surface area contributed by atoms with Crippen LogP contribution in [0.5, 0.6) is 0 Å². The smallest absolute Gasteiger partial charge is 0.0994 e. The fraction of sp³-hybridized carbons (Fsp3) is 0.286. The third-order valence-corrected chi connectivity index (χ3v) is 2.81. The molecule has 0 N–H and O–H groups in total. The van der Waals surface area contributed by atoms with Crippen LogP contribution in [0, 0.1) is 18.3 Å². The Bertz CT molecular complexity index is 573. The van der Waals surface area contributed by atoms with Crippen molar-refractivity contribution in [1.82, 2.24) is 9.78 Å². The van der Waals surface area contributed by atoms with Crippen molar-refractivity contribution in [2.75, 3.05) is 0 Å². The molecule has 0 radical (unpaired) electrons. The van der Waals surface area contributed by atoms with E-state index in [9.17, 15) is 0 Å². The Hall–Kier alpha value is -2.08. The molecule has 0 aliphatic carbocycles. The number of benzene rings is 1. The van der Waals surface area contributed by atoms with Crippen LogP contribution >= 0.6 is 0 Å². The number of aryl methyl sites for hydroxylation is 1. The third-order valence-electron chi connectivity index (χ3n) is 2.81. The molecule has 1 aromatic carbocycles. The fourth-order valence-electron chi connectivity index (χ4n) is 1.86. The van der Waals surface area contributed by atoms with Gasteiger partial charge < -0.3 is 0 Å². The van der Waals surface area contributed by atoms with Crippen LogP contribution in [-0.4, -0.2) is 9.78 Å². The Morgan fingerprint density at radius 3 is 2.71 bits per heavy atom. The molecule has 0 fully saturated rings. The first-order chi connectivity index (χ1) is 8.13. The molecule has 0 saturated carbocycles. The molecule has 0 bridgehead atoms. The zero-order valence-corrected chi connectivity index (χ0v) is 10.3. The number of hydrogen-bond acceptors (Lipinski definition) is 2. The maximum absolute atomic E-state index is 9.05. The average molecular weight is 225 g/mol. The molecule has 0 unspecified atom stereocenters. The Kier molecular flexibility index (Phi) is 2.97. The Labute approximate surface area is 101 Å².